The van der Waals surface area contributed by atoms with Gasteiger partial charge in [-0.1, -0.05) is 30.3 Å². The van der Waals surface area contributed by atoms with Crippen LogP contribution in [-0.2, 0) is 9.59 Å². The van der Waals surface area contributed by atoms with E-state index in [0.717, 1.165) is 0 Å². The molecular formula is C12H15NO3S. The highest BCUT2D eigenvalue weighted by atomic mass is 32.2. The Morgan fingerprint density at radius 2 is 2.00 bits per heavy atom. The standard InChI is InChI=1S/C12H15NO3S/c1-17-8-7-10(14)13-11(12(15)16)9-5-3-2-4-6-9/h2-6,11H,7-8H2,1H3,(H,13,14)(H,15,16). The van der Waals surface area contributed by atoms with Crippen LogP contribution in [0.3, 0.4) is 0 Å². The molecule has 92 valence electrons. The Hall–Kier alpha value is -1.49. The fraction of sp³-hybridized carbons (Fsp3) is 0.333. The third kappa shape index (κ3) is 4.48. The number of carboxylic acid groups (broad SMARTS) is 1. The maximum absolute atomic E-state index is 11.5. The minimum atomic E-state index is -1.05. The molecule has 0 aliphatic heterocycles. The van der Waals surface area contributed by atoms with Gasteiger partial charge in [0.05, 0.1) is 0 Å². The van der Waals surface area contributed by atoms with Gasteiger partial charge in [-0.3, -0.25) is 4.79 Å². The molecule has 0 radical (unpaired) electrons. The number of carbonyl (C=O) groups is 2. The van der Waals surface area contributed by atoms with Crippen molar-refractivity contribution in [3.8, 4) is 0 Å². The van der Waals surface area contributed by atoms with E-state index in [2.05, 4.69) is 5.32 Å². The third-order valence-corrected chi connectivity index (χ3v) is 2.83. The number of hydrogen-bond donors (Lipinski definition) is 2. The van der Waals surface area contributed by atoms with E-state index in [-0.39, 0.29) is 5.91 Å². The smallest absolute Gasteiger partial charge is 0.330 e. The molecule has 4 nitrogen and oxygen atoms in total. The first kappa shape index (κ1) is 13.6. The number of carbonyl (C=O) groups excluding carboxylic acids is 1. The lowest BCUT2D eigenvalue weighted by Gasteiger charge is -2.14. The van der Waals surface area contributed by atoms with Gasteiger partial charge in [-0.2, -0.15) is 11.8 Å². The van der Waals surface area contributed by atoms with Gasteiger partial charge < -0.3 is 10.4 Å². The number of carboxylic acids is 1. The van der Waals surface area contributed by atoms with Crippen molar-refractivity contribution in [3.63, 3.8) is 0 Å². The van der Waals surface area contributed by atoms with Gasteiger partial charge in [0.25, 0.3) is 0 Å². The van der Waals surface area contributed by atoms with Crippen LogP contribution in [0.2, 0.25) is 0 Å². The molecule has 1 atom stereocenters. The Bertz CT molecular complexity index is 381. The lowest BCUT2D eigenvalue weighted by atomic mass is 10.1. The van der Waals surface area contributed by atoms with E-state index >= 15 is 0 Å². The number of aliphatic carboxylic acids is 1. The molecule has 0 bridgehead atoms. The second-order valence-electron chi connectivity index (χ2n) is 3.49. The second kappa shape index (κ2) is 6.96. The van der Waals surface area contributed by atoms with Gasteiger partial charge in [0.2, 0.25) is 5.91 Å². The summed E-state index contributed by atoms with van der Waals surface area (Å²) in [5.74, 6) is -0.600. The fourth-order valence-corrected chi connectivity index (χ4v) is 1.75. The molecule has 1 aromatic carbocycles. The van der Waals surface area contributed by atoms with Crippen molar-refractivity contribution in [1.29, 1.82) is 0 Å². The zero-order valence-electron chi connectivity index (χ0n) is 9.55. The lowest BCUT2D eigenvalue weighted by Crippen LogP contribution is -2.33. The number of nitrogens with one attached hydrogen (secondary N) is 1. The van der Waals surface area contributed by atoms with Gasteiger partial charge >= 0.3 is 5.97 Å². The van der Waals surface area contributed by atoms with Crippen molar-refractivity contribution >= 4 is 23.6 Å². The number of benzene rings is 1. The normalized spacial score (nSPS) is 11.8. The molecule has 1 aromatic rings. The lowest BCUT2D eigenvalue weighted by molar-refractivity contribution is -0.142. The van der Waals surface area contributed by atoms with Gasteiger partial charge in [-0.15, -0.1) is 0 Å². The Morgan fingerprint density at radius 1 is 1.35 bits per heavy atom. The predicted octanol–water partition coefficient (Wildman–Crippen LogP) is 1.68. The Kier molecular flexibility index (Phi) is 5.56. The van der Waals surface area contributed by atoms with Crippen LogP contribution in [0.1, 0.15) is 18.0 Å². The molecular weight excluding hydrogens is 238 g/mol. The molecule has 0 saturated heterocycles. The zero-order valence-corrected chi connectivity index (χ0v) is 10.4. The second-order valence-corrected chi connectivity index (χ2v) is 4.48. The highest BCUT2D eigenvalue weighted by molar-refractivity contribution is 7.98. The van der Waals surface area contributed by atoms with E-state index < -0.39 is 12.0 Å². The zero-order chi connectivity index (χ0) is 12.7. The SMILES string of the molecule is CSCCC(=O)NC(C(=O)O)c1ccccc1. The molecule has 17 heavy (non-hydrogen) atoms. The highest BCUT2D eigenvalue weighted by Gasteiger charge is 2.21. The average molecular weight is 253 g/mol. The van der Waals surface area contributed by atoms with Crippen molar-refractivity contribution in [3.05, 3.63) is 35.9 Å². The van der Waals surface area contributed by atoms with Crippen LogP contribution in [0, 0.1) is 0 Å². The summed E-state index contributed by atoms with van der Waals surface area (Å²) >= 11 is 1.55. The molecule has 0 saturated carbocycles. The van der Waals surface area contributed by atoms with Crippen LogP contribution < -0.4 is 5.32 Å². The highest BCUT2D eigenvalue weighted by Crippen LogP contribution is 2.13. The average Bonchev–Trinajstić information content (AvgIpc) is 2.34. The minimum absolute atomic E-state index is 0.240. The van der Waals surface area contributed by atoms with Crippen LogP contribution in [0.5, 0.6) is 0 Å². The molecule has 0 aliphatic rings. The molecule has 0 fully saturated rings. The Morgan fingerprint density at radius 3 is 2.53 bits per heavy atom. The summed E-state index contributed by atoms with van der Waals surface area (Å²) < 4.78 is 0. The topological polar surface area (TPSA) is 66.4 Å². The van der Waals surface area contributed by atoms with Crippen molar-refractivity contribution in [2.24, 2.45) is 0 Å². The molecule has 0 heterocycles. The molecule has 1 unspecified atom stereocenters. The summed E-state index contributed by atoms with van der Waals surface area (Å²) in [5.41, 5.74) is 0.581. The summed E-state index contributed by atoms with van der Waals surface area (Å²) in [5, 5.41) is 11.6. The number of hydrogen-bond acceptors (Lipinski definition) is 3. The first-order valence-electron chi connectivity index (χ1n) is 5.21. The quantitative estimate of drug-likeness (QED) is 0.809. The first-order chi connectivity index (χ1) is 8.15. The van der Waals surface area contributed by atoms with Crippen LogP contribution in [-0.4, -0.2) is 29.0 Å². The van der Waals surface area contributed by atoms with E-state index in [0.29, 0.717) is 17.7 Å². The Labute approximate surface area is 104 Å². The van der Waals surface area contributed by atoms with E-state index in [1.807, 2.05) is 6.26 Å². The summed E-state index contributed by atoms with van der Waals surface area (Å²) in [7, 11) is 0. The largest absolute Gasteiger partial charge is 0.479 e. The van der Waals surface area contributed by atoms with Crippen LogP contribution in [0.4, 0.5) is 0 Å². The molecule has 1 amide bonds. The van der Waals surface area contributed by atoms with Crippen LogP contribution in [0.25, 0.3) is 0 Å². The number of rotatable bonds is 6. The van der Waals surface area contributed by atoms with E-state index in [1.54, 1.807) is 42.1 Å². The molecule has 0 spiro atoms. The number of thioether (sulfide) groups is 1. The maximum Gasteiger partial charge on any atom is 0.330 e. The summed E-state index contributed by atoms with van der Waals surface area (Å²) in [6.45, 7) is 0. The molecule has 2 N–H and O–H groups in total. The van der Waals surface area contributed by atoms with Crippen molar-refractivity contribution in [2.45, 2.75) is 12.5 Å². The van der Waals surface area contributed by atoms with Gasteiger partial charge in [0.1, 0.15) is 0 Å². The van der Waals surface area contributed by atoms with E-state index in [4.69, 9.17) is 5.11 Å². The van der Waals surface area contributed by atoms with Gasteiger partial charge in [0.15, 0.2) is 6.04 Å². The fourth-order valence-electron chi connectivity index (χ4n) is 1.36. The molecule has 5 heteroatoms. The molecule has 0 aromatic heterocycles. The maximum atomic E-state index is 11.5. The predicted molar refractivity (Wildman–Crippen MR) is 68.0 cm³/mol. The molecule has 1 rings (SSSR count). The molecule has 0 aliphatic carbocycles. The van der Waals surface area contributed by atoms with Gasteiger partial charge in [-0.25, -0.2) is 4.79 Å². The first-order valence-corrected chi connectivity index (χ1v) is 6.60. The summed E-state index contributed by atoms with van der Waals surface area (Å²) in [6, 6.07) is 7.71. The van der Waals surface area contributed by atoms with Gasteiger partial charge in [0, 0.05) is 12.2 Å². The van der Waals surface area contributed by atoms with E-state index in [1.165, 1.54) is 0 Å². The summed E-state index contributed by atoms with van der Waals surface area (Å²) in [4.78, 5) is 22.6. The third-order valence-electron chi connectivity index (χ3n) is 2.22. The minimum Gasteiger partial charge on any atom is -0.479 e. The van der Waals surface area contributed by atoms with E-state index in [9.17, 15) is 9.59 Å². The number of amides is 1. The van der Waals surface area contributed by atoms with Gasteiger partial charge in [-0.05, 0) is 11.8 Å². The van der Waals surface area contributed by atoms with Crippen molar-refractivity contribution < 1.29 is 14.7 Å². The summed E-state index contributed by atoms with van der Waals surface area (Å²) in [6.07, 6.45) is 2.23. The van der Waals surface area contributed by atoms with Crippen molar-refractivity contribution in [2.75, 3.05) is 12.0 Å². The van der Waals surface area contributed by atoms with Crippen LogP contribution >= 0.6 is 11.8 Å². The van der Waals surface area contributed by atoms with Crippen molar-refractivity contribution in [1.82, 2.24) is 5.32 Å². The monoisotopic (exact) mass is 253 g/mol. The Balaban J connectivity index is 2.68. The van der Waals surface area contributed by atoms with Crippen LogP contribution in [0.15, 0.2) is 30.3 Å².